The number of halogens is 1. The molecule has 0 spiro atoms. The van der Waals surface area contributed by atoms with Crippen molar-refractivity contribution in [3.8, 4) is 0 Å². The van der Waals surface area contributed by atoms with Crippen LogP contribution in [0.4, 0.5) is 4.39 Å². The number of hydrogen-bond donors (Lipinski definition) is 1. The maximum Gasteiger partial charge on any atom is 0.324 e. The molecule has 7 nitrogen and oxygen atoms in total. The molecule has 2 aromatic rings. The SMILES string of the molecule is O=C(COC(=O)C1CCCN1S(=O)(=O)c1ccccc1F)NC1CCCc2ccccc21. The van der Waals surface area contributed by atoms with E-state index in [2.05, 4.69) is 5.32 Å². The van der Waals surface area contributed by atoms with Gasteiger partial charge >= 0.3 is 5.97 Å². The normalized spacial score (nSPS) is 21.0. The van der Waals surface area contributed by atoms with E-state index in [4.69, 9.17) is 4.74 Å². The zero-order valence-electron chi connectivity index (χ0n) is 17.5. The minimum atomic E-state index is -4.20. The van der Waals surface area contributed by atoms with Crippen LogP contribution in [0.5, 0.6) is 0 Å². The van der Waals surface area contributed by atoms with Crippen LogP contribution < -0.4 is 5.32 Å². The van der Waals surface area contributed by atoms with Crippen LogP contribution in [0.2, 0.25) is 0 Å². The molecule has 9 heteroatoms. The number of hydrogen-bond acceptors (Lipinski definition) is 5. The molecule has 0 saturated carbocycles. The van der Waals surface area contributed by atoms with Gasteiger partial charge in [0.1, 0.15) is 16.8 Å². The fourth-order valence-corrected chi connectivity index (χ4v) is 6.13. The zero-order valence-corrected chi connectivity index (χ0v) is 18.3. The molecule has 1 saturated heterocycles. The number of ether oxygens (including phenoxy) is 1. The first-order valence-electron chi connectivity index (χ1n) is 10.7. The summed E-state index contributed by atoms with van der Waals surface area (Å²) in [4.78, 5) is 24.5. The molecule has 0 radical (unpaired) electrons. The Morgan fingerprint density at radius 1 is 1.06 bits per heavy atom. The number of rotatable bonds is 6. The highest BCUT2D eigenvalue weighted by atomic mass is 32.2. The van der Waals surface area contributed by atoms with Crippen LogP contribution in [0, 0.1) is 5.82 Å². The second-order valence-electron chi connectivity index (χ2n) is 8.02. The minimum absolute atomic E-state index is 0.0848. The molecule has 1 heterocycles. The molecule has 2 atom stereocenters. The van der Waals surface area contributed by atoms with E-state index < -0.39 is 45.3 Å². The average Bonchev–Trinajstić information content (AvgIpc) is 3.29. The molecule has 1 N–H and O–H groups in total. The zero-order chi connectivity index (χ0) is 22.7. The molecule has 2 aromatic carbocycles. The smallest absolute Gasteiger partial charge is 0.324 e. The first kappa shape index (κ1) is 22.4. The Morgan fingerprint density at radius 2 is 1.81 bits per heavy atom. The first-order chi connectivity index (χ1) is 15.4. The van der Waals surface area contributed by atoms with Crippen LogP contribution in [0.25, 0.3) is 0 Å². The Kier molecular flexibility index (Phi) is 6.57. The summed E-state index contributed by atoms with van der Waals surface area (Å²) in [5.41, 5.74) is 2.26. The van der Waals surface area contributed by atoms with E-state index in [-0.39, 0.29) is 19.0 Å². The maximum atomic E-state index is 14.1. The van der Waals surface area contributed by atoms with Crippen LogP contribution >= 0.6 is 0 Å². The number of carbonyl (C=O) groups excluding carboxylic acids is 2. The van der Waals surface area contributed by atoms with Gasteiger partial charge in [0, 0.05) is 6.54 Å². The molecule has 0 aromatic heterocycles. The van der Waals surface area contributed by atoms with E-state index in [1.54, 1.807) is 0 Å². The first-order valence-corrected chi connectivity index (χ1v) is 12.1. The van der Waals surface area contributed by atoms with Crippen LogP contribution in [-0.2, 0) is 30.8 Å². The number of benzene rings is 2. The third-order valence-corrected chi connectivity index (χ3v) is 7.89. The predicted octanol–water partition coefficient (Wildman–Crippen LogP) is 2.72. The highest BCUT2D eigenvalue weighted by Gasteiger charge is 2.41. The number of fused-ring (bicyclic) bond motifs is 1. The molecule has 1 amide bonds. The lowest BCUT2D eigenvalue weighted by Gasteiger charge is -2.26. The predicted molar refractivity (Wildman–Crippen MR) is 115 cm³/mol. The van der Waals surface area contributed by atoms with Crippen molar-refractivity contribution in [2.45, 2.75) is 49.1 Å². The molecule has 4 rings (SSSR count). The second kappa shape index (κ2) is 9.38. The summed E-state index contributed by atoms with van der Waals surface area (Å²) < 4.78 is 46.0. The number of carbonyl (C=O) groups is 2. The van der Waals surface area contributed by atoms with Crippen molar-refractivity contribution < 1.29 is 27.1 Å². The molecule has 170 valence electrons. The quantitative estimate of drug-likeness (QED) is 0.669. The molecular weight excluding hydrogens is 435 g/mol. The lowest BCUT2D eigenvalue weighted by Crippen LogP contribution is -2.43. The monoisotopic (exact) mass is 460 g/mol. The van der Waals surface area contributed by atoms with E-state index in [0.717, 1.165) is 35.2 Å². The molecular formula is C23H25FN2O5S. The van der Waals surface area contributed by atoms with Crippen molar-refractivity contribution >= 4 is 21.9 Å². The molecule has 1 aliphatic carbocycles. The molecule has 2 aliphatic rings. The van der Waals surface area contributed by atoms with Gasteiger partial charge in [0.15, 0.2) is 6.61 Å². The fourth-order valence-electron chi connectivity index (χ4n) is 4.42. The summed E-state index contributed by atoms with van der Waals surface area (Å²) in [5, 5.41) is 2.90. The second-order valence-corrected chi connectivity index (χ2v) is 9.88. The van der Waals surface area contributed by atoms with Crippen LogP contribution in [0.3, 0.4) is 0 Å². The van der Waals surface area contributed by atoms with Crippen molar-refractivity contribution in [3.63, 3.8) is 0 Å². The van der Waals surface area contributed by atoms with Gasteiger partial charge in [-0.3, -0.25) is 9.59 Å². The molecule has 1 fully saturated rings. The van der Waals surface area contributed by atoms with Crippen molar-refractivity contribution in [3.05, 3.63) is 65.5 Å². The lowest BCUT2D eigenvalue weighted by molar-refractivity contribution is -0.151. The number of aryl methyl sites for hydroxylation is 1. The fraction of sp³-hybridized carbons (Fsp3) is 0.391. The number of nitrogens with zero attached hydrogens (tertiary/aromatic N) is 1. The summed E-state index contributed by atoms with van der Waals surface area (Å²) in [6, 6.07) is 11.7. The summed E-state index contributed by atoms with van der Waals surface area (Å²) in [5.74, 6) is -2.12. The Labute approximate surface area is 186 Å². The lowest BCUT2D eigenvalue weighted by atomic mass is 9.88. The van der Waals surface area contributed by atoms with E-state index in [0.29, 0.717) is 6.42 Å². The number of nitrogens with one attached hydrogen (secondary N) is 1. The van der Waals surface area contributed by atoms with Crippen LogP contribution in [-0.4, -0.2) is 43.8 Å². The van der Waals surface area contributed by atoms with Crippen LogP contribution in [0.1, 0.15) is 42.9 Å². The van der Waals surface area contributed by atoms with Gasteiger partial charge in [0.05, 0.1) is 6.04 Å². The number of esters is 1. The number of amides is 1. The Hall–Kier alpha value is -2.78. The summed E-state index contributed by atoms with van der Waals surface area (Å²) in [6.07, 6.45) is 3.41. The van der Waals surface area contributed by atoms with Gasteiger partial charge in [-0.25, -0.2) is 12.8 Å². The highest BCUT2D eigenvalue weighted by Crippen LogP contribution is 2.30. The highest BCUT2D eigenvalue weighted by molar-refractivity contribution is 7.89. The van der Waals surface area contributed by atoms with Crippen molar-refractivity contribution in [2.75, 3.05) is 13.2 Å². The van der Waals surface area contributed by atoms with Crippen molar-refractivity contribution in [2.24, 2.45) is 0 Å². The molecule has 0 bridgehead atoms. The topological polar surface area (TPSA) is 92.8 Å². The van der Waals surface area contributed by atoms with Gasteiger partial charge in [-0.05, 0) is 55.4 Å². The Morgan fingerprint density at radius 3 is 2.62 bits per heavy atom. The Balaban J connectivity index is 1.38. The standard InChI is InChI=1S/C23H25FN2O5S/c24-18-10-3-4-13-21(18)32(29,30)26-14-6-12-20(26)23(28)31-15-22(27)25-19-11-5-8-16-7-1-2-9-17(16)19/h1-4,7,9-10,13,19-20H,5-6,8,11-12,14-15H2,(H,25,27). The largest absolute Gasteiger partial charge is 0.454 e. The van der Waals surface area contributed by atoms with Gasteiger partial charge in [-0.2, -0.15) is 4.31 Å². The van der Waals surface area contributed by atoms with E-state index in [1.807, 2.05) is 24.3 Å². The third-order valence-electron chi connectivity index (χ3n) is 5.95. The van der Waals surface area contributed by atoms with Crippen molar-refractivity contribution in [1.82, 2.24) is 9.62 Å². The molecule has 2 unspecified atom stereocenters. The molecule has 32 heavy (non-hydrogen) atoms. The minimum Gasteiger partial charge on any atom is -0.454 e. The van der Waals surface area contributed by atoms with E-state index in [1.165, 1.54) is 23.8 Å². The van der Waals surface area contributed by atoms with Gasteiger partial charge < -0.3 is 10.1 Å². The number of sulfonamides is 1. The van der Waals surface area contributed by atoms with Gasteiger partial charge in [-0.15, -0.1) is 0 Å². The summed E-state index contributed by atoms with van der Waals surface area (Å²) in [6.45, 7) is -0.414. The van der Waals surface area contributed by atoms with E-state index >= 15 is 0 Å². The van der Waals surface area contributed by atoms with E-state index in [9.17, 15) is 22.4 Å². The van der Waals surface area contributed by atoms with Crippen molar-refractivity contribution in [1.29, 1.82) is 0 Å². The summed E-state index contributed by atoms with van der Waals surface area (Å²) in [7, 11) is -4.20. The third kappa shape index (κ3) is 4.54. The van der Waals surface area contributed by atoms with Crippen LogP contribution in [0.15, 0.2) is 53.4 Å². The average molecular weight is 461 g/mol. The maximum absolute atomic E-state index is 14.1. The van der Waals surface area contributed by atoms with Gasteiger partial charge in [-0.1, -0.05) is 36.4 Å². The van der Waals surface area contributed by atoms with Gasteiger partial charge in [0.25, 0.3) is 5.91 Å². The summed E-state index contributed by atoms with van der Waals surface area (Å²) >= 11 is 0. The Bertz CT molecular complexity index is 1120. The molecule has 1 aliphatic heterocycles. The van der Waals surface area contributed by atoms with Gasteiger partial charge in [0.2, 0.25) is 10.0 Å².